The van der Waals surface area contributed by atoms with Gasteiger partial charge in [0, 0.05) is 12.1 Å². The summed E-state index contributed by atoms with van der Waals surface area (Å²) >= 11 is 0. The van der Waals surface area contributed by atoms with E-state index in [1.807, 2.05) is 20.8 Å². The number of fused-ring (bicyclic) bond motifs is 4. The maximum Gasteiger partial charge on any atom is 0.408 e. The van der Waals surface area contributed by atoms with Gasteiger partial charge in [-0.2, -0.15) is 0 Å². The minimum Gasteiger partial charge on any atom is -0.506 e. The number of rotatable bonds is 4. The summed E-state index contributed by atoms with van der Waals surface area (Å²) in [5.74, 6) is -0.0518. The summed E-state index contributed by atoms with van der Waals surface area (Å²) in [6.07, 6.45) is 2.31. The molecule has 2 bridgehead atoms. The normalized spacial score (nSPS) is 26.6. The van der Waals surface area contributed by atoms with Crippen LogP contribution >= 0.6 is 0 Å². The SMILES string of the molecule is CC(C)(C)OC(=O)NC12CCC(C(O)Cn3c(=O)ccc4ncc(O)cc43)(CC1)OC2. The van der Waals surface area contributed by atoms with E-state index >= 15 is 0 Å². The van der Waals surface area contributed by atoms with Crippen LogP contribution in [0.1, 0.15) is 46.5 Å². The van der Waals surface area contributed by atoms with E-state index in [-0.39, 0.29) is 24.5 Å². The lowest BCUT2D eigenvalue weighted by molar-refractivity contribution is -0.209. The van der Waals surface area contributed by atoms with Gasteiger partial charge in [-0.15, -0.1) is 0 Å². The van der Waals surface area contributed by atoms with Gasteiger partial charge in [0.2, 0.25) is 0 Å². The molecule has 2 aromatic heterocycles. The van der Waals surface area contributed by atoms with Crippen LogP contribution < -0.4 is 10.9 Å². The third kappa shape index (κ3) is 4.24. The Kier molecular flexibility index (Phi) is 5.21. The average Bonchev–Trinajstić information content (AvgIpc) is 2.69. The molecule has 2 aliphatic heterocycles. The molecule has 9 nitrogen and oxygen atoms in total. The van der Waals surface area contributed by atoms with Crippen molar-refractivity contribution >= 4 is 17.1 Å². The van der Waals surface area contributed by atoms with E-state index < -0.39 is 28.9 Å². The van der Waals surface area contributed by atoms with Crippen molar-refractivity contribution in [1.29, 1.82) is 0 Å². The molecule has 1 unspecified atom stereocenters. The summed E-state index contributed by atoms with van der Waals surface area (Å²) < 4.78 is 12.9. The number of ether oxygens (including phenoxy) is 2. The maximum absolute atomic E-state index is 12.5. The zero-order valence-corrected chi connectivity index (χ0v) is 18.1. The molecule has 4 heterocycles. The maximum atomic E-state index is 12.5. The minimum absolute atomic E-state index is 0.0216. The molecule has 2 aromatic rings. The molecule has 0 aromatic carbocycles. The number of pyridine rings is 2. The van der Waals surface area contributed by atoms with Gasteiger partial charge in [-0.25, -0.2) is 4.79 Å². The van der Waals surface area contributed by atoms with Crippen LogP contribution in [-0.2, 0) is 16.0 Å². The Morgan fingerprint density at radius 3 is 2.65 bits per heavy atom. The van der Waals surface area contributed by atoms with Gasteiger partial charge in [0.1, 0.15) is 17.5 Å². The van der Waals surface area contributed by atoms with Gasteiger partial charge >= 0.3 is 6.09 Å². The Balaban J connectivity index is 1.49. The van der Waals surface area contributed by atoms with Crippen LogP contribution in [0.15, 0.2) is 29.2 Å². The number of carbonyl (C=O) groups excluding carboxylic acids is 1. The number of carbonyl (C=O) groups is 1. The molecule has 3 N–H and O–H groups in total. The number of aliphatic hydroxyl groups excluding tert-OH is 1. The monoisotopic (exact) mass is 431 g/mol. The zero-order chi connectivity index (χ0) is 22.4. The van der Waals surface area contributed by atoms with E-state index in [2.05, 4.69) is 10.3 Å². The van der Waals surface area contributed by atoms with Crippen molar-refractivity contribution in [3.05, 3.63) is 34.7 Å². The molecule has 3 fully saturated rings. The van der Waals surface area contributed by atoms with Gasteiger partial charge in [0.05, 0.1) is 41.5 Å². The van der Waals surface area contributed by atoms with E-state index in [1.54, 1.807) is 6.07 Å². The average molecular weight is 431 g/mol. The number of aromatic hydroxyl groups is 1. The van der Waals surface area contributed by atoms with Gasteiger partial charge in [0.15, 0.2) is 0 Å². The zero-order valence-electron chi connectivity index (χ0n) is 18.1. The van der Waals surface area contributed by atoms with Gasteiger partial charge in [-0.05, 0) is 52.5 Å². The quantitative estimate of drug-likeness (QED) is 0.677. The predicted molar refractivity (Wildman–Crippen MR) is 113 cm³/mol. The lowest BCUT2D eigenvalue weighted by atomic mass is 9.69. The molecule has 1 atom stereocenters. The number of nitrogens with zero attached hydrogens (tertiary/aromatic N) is 2. The number of hydrogen-bond acceptors (Lipinski definition) is 7. The van der Waals surface area contributed by atoms with Crippen molar-refractivity contribution < 1.29 is 24.5 Å². The smallest absolute Gasteiger partial charge is 0.408 e. The van der Waals surface area contributed by atoms with Crippen LogP contribution in [0.25, 0.3) is 11.0 Å². The molecule has 9 heteroatoms. The van der Waals surface area contributed by atoms with Crippen molar-refractivity contribution in [3.63, 3.8) is 0 Å². The highest BCUT2D eigenvalue weighted by Gasteiger charge is 2.54. The molecule has 1 aliphatic carbocycles. The number of aromatic nitrogens is 2. The van der Waals surface area contributed by atoms with Crippen molar-refractivity contribution in [3.8, 4) is 5.75 Å². The highest BCUT2D eigenvalue weighted by molar-refractivity contribution is 5.75. The summed E-state index contributed by atoms with van der Waals surface area (Å²) in [6, 6.07) is 4.45. The molecule has 1 amide bonds. The largest absolute Gasteiger partial charge is 0.506 e. The van der Waals surface area contributed by atoms with Gasteiger partial charge < -0.3 is 29.6 Å². The summed E-state index contributed by atoms with van der Waals surface area (Å²) in [5.41, 5.74) is -1.16. The molecule has 5 rings (SSSR count). The van der Waals surface area contributed by atoms with Crippen molar-refractivity contribution in [2.75, 3.05) is 6.61 Å². The highest BCUT2D eigenvalue weighted by Crippen LogP contribution is 2.46. The van der Waals surface area contributed by atoms with Crippen LogP contribution in [0, 0.1) is 0 Å². The number of nitrogens with one attached hydrogen (secondary N) is 1. The fourth-order valence-electron chi connectivity index (χ4n) is 4.52. The van der Waals surface area contributed by atoms with Crippen LogP contribution in [0.2, 0.25) is 0 Å². The standard InChI is InChI=1S/C22H29N3O6/c1-20(2,3)31-19(29)24-21-6-8-22(9-7-21,30-13-21)17(27)12-25-16-10-14(26)11-23-15(16)4-5-18(25)28/h4-5,10-11,17,26-27H,6-9,12-13H2,1-3H3,(H,24,29). The van der Waals surface area contributed by atoms with Crippen molar-refractivity contribution in [2.24, 2.45) is 0 Å². The van der Waals surface area contributed by atoms with Crippen molar-refractivity contribution in [1.82, 2.24) is 14.9 Å². The second-order valence-corrected chi connectivity index (χ2v) is 9.66. The number of hydrogen-bond donors (Lipinski definition) is 3. The topological polar surface area (TPSA) is 123 Å². The first-order valence-electron chi connectivity index (χ1n) is 10.5. The van der Waals surface area contributed by atoms with E-state index in [9.17, 15) is 19.8 Å². The second kappa shape index (κ2) is 7.49. The number of alkyl carbamates (subject to hydrolysis) is 1. The Bertz CT molecular complexity index is 1030. The first-order chi connectivity index (χ1) is 14.5. The molecular formula is C22H29N3O6. The Morgan fingerprint density at radius 2 is 2.03 bits per heavy atom. The first-order valence-corrected chi connectivity index (χ1v) is 10.5. The van der Waals surface area contributed by atoms with Gasteiger partial charge in [-0.3, -0.25) is 9.78 Å². The number of aliphatic hydroxyl groups is 1. The fraction of sp³-hybridized carbons (Fsp3) is 0.591. The molecular weight excluding hydrogens is 402 g/mol. The predicted octanol–water partition coefficient (Wildman–Crippen LogP) is 2.07. The van der Waals surface area contributed by atoms with Crippen LogP contribution in [0.3, 0.4) is 0 Å². The molecule has 3 aliphatic rings. The molecule has 0 spiro atoms. The van der Waals surface area contributed by atoms with Crippen LogP contribution in [0.4, 0.5) is 4.79 Å². The third-order valence-electron chi connectivity index (χ3n) is 6.24. The lowest BCUT2D eigenvalue weighted by Crippen LogP contribution is -2.66. The van der Waals surface area contributed by atoms with Gasteiger partial charge in [0.25, 0.3) is 5.56 Å². The summed E-state index contributed by atoms with van der Waals surface area (Å²) in [7, 11) is 0. The lowest BCUT2D eigenvalue weighted by Gasteiger charge is -2.54. The highest BCUT2D eigenvalue weighted by atomic mass is 16.6. The van der Waals surface area contributed by atoms with Crippen LogP contribution in [-0.4, -0.2) is 55.3 Å². The molecule has 2 saturated heterocycles. The van der Waals surface area contributed by atoms with Crippen LogP contribution in [0.5, 0.6) is 5.75 Å². The Morgan fingerprint density at radius 1 is 1.32 bits per heavy atom. The van der Waals surface area contributed by atoms with Gasteiger partial charge in [-0.1, -0.05) is 0 Å². The van der Waals surface area contributed by atoms with E-state index in [1.165, 1.54) is 22.9 Å². The Hall–Kier alpha value is -2.65. The Labute approximate surface area is 180 Å². The summed E-state index contributed by atoms with van der Waals surface area (Å²) in [5, 5.41) is 23.9. The summed E-state index contributed by atoms with van der Waals surface area (Å²) in [6.45, 7) is 5.74. The minimum atomic E-state index is -0.932. The molecule has 31 heavy (non-hydrogen) atoms. The van der Waals surface area contributed by atoms with Crippen molar-refractivity contribution in [2.45, 2.75) is 75.8 Å². The van der Waals surface area contributed by atoms with E-state index in [0.29, 0.717) is 36.7 Å². The second-order valence-electron chi connectivity index (χ2n) is 9.66. The first kappa shape index (κ1) is 21.6. The molecule has 0 radical (unpaired) electrons. The van der Waals surface area contributed by atoms with E-state index in [0.717, 1.165) is 0 Å². The molecule has 1 saturated carbocycles. The fourth-order valence-corrected chi connectivity index (χ4v) is 4.52. The van der Waals surface area contributed by atoms with E-state index in [4.69, 9.17) is 9.47 Å². The summed E-state index contributed by atoms with van der Waals surface area (Å²) in [4.78, 5) is 28.9. The molecule has 168 valence electrons. The number of amides is 1. The third-order valence-corrected chi connectivity index (χ3v) is 6.24.